The van der Waals surface area contributed by atoms with Crippen molar-refractivity contribution in [3.8, 4) is 11.5 Å². The van der Waals surface area contributed by atoms with Crippen LogP contribution >= 0.6 is 0 Å². The van der Waals surface area contributed by atoms with E-state index in [1.54, 1.807) is 7.11 Å². The first kappa shape index (κ1) is 19.0. The van der Waals surface area contributed by atoms with Crippen molar-refractivity contribution < 1.29 is 14.2 Å². The van der Waals surface area contributed by atoms with Crippen LogP contribution in [0.5, 0.6) is 11.5 Å². The lowest BCUT2D eigenvalue weighted by Crippen LogP contribution is -2.45. The van der Waals surface area contributed by atoms with Gasteiger partial charge < -0.3 is 24.8 Å². The molecule has 1 heterocycles. The first-order chi connectivity index (χ1) is 13.3. The van der Waals surface area contributed by atoms with Crippen LogP contribution in [0.2, 0.25) is 0 Å². The first-order valence-electron chi connectivity index (χ1n) is 9.26. The van der Waals surface area contributed by atoms with Gasteiger partial charge in [-0.3, -0.25) is 0 Å². The molecule has 0 saturated carbocycles. The summed E-state index contributed by atoms with van der Waals surface area (Å²) in [4.78, 5) is 4.70. The molecule has 0 amide bonds. The summed E-state index contributed by atoms with van der Waals surface area (Å²) in [7, 11) is 1.70. The van der Waals surface area contributed by atoms with Crippen LogP contribution in [-0.4, -0.2) is 38.9 Å². The highest BCUT2D eigenvalue weighted by Gasteiger charge is 2.20. The Morgan fingerprint density at radius 3 is 2.59 bits per heavy atom. The highest BCUT2D eigenvalue weighted by molar-refractivity contribution is 5.79. The van der Waals surface area contributed by atoms with Crippen molar-refractivity contribution in [2.45, 2.75) is 26.2 Å². The monoisotopic (exact) mass is 369 g/mol. The van der Waals surface area contributed by atoms with E-state index in [4.69, 9.17) is 19.2 Å². The van der Waals surface area contributed by atoms with Gasteiger partial charge in [0.05, 0.1) is 19.7 Å². The molecular formula is C21H27N3O3. The number of hydrogen-bond donors (Lipinski definition) is 2. The Kier molecular flexibility index (Phi) is 6.93. The number of aliphatic imine (C=N–C) groups is 1. The molecule has 27 heavy (non-hydrogen) atoms. The molecule has 1 atom stereocenters. The highest BCUT2D eigenvalue weighted by atomic mass is 16.6. The van der Waals surface area contributed by atoms with Gasteiger partial charge in [-0.15, -0.1) is 0 Å². The molecule has 6 nitrogen and oxygen atoms in total. The zero-order chi connectivity index (χ0) is 18.9. The molecule has 0 spiro atoms. The van der Waals surface area contributed by atoms with E-state index in [-0.39, 0.29) is 6.10 Å². The van der Waals surface area contributed by atoms with Gasteiger partial charge in [-0.2, -0.15) is 0 Å². The first-order valence-corrected chi connectivity index (χ1v) is 9.26. The number of fused-ring (bicyclic) bond motifs is 1. The molecule has 3 rings (SSSR count). The number of benzene rings is 2. The van der Waals surface area contributed by atoms with Crippen molar-refractivity contribution in [2.75, 3.05) is 26.8 Å². The van der Waals surface area contributed by atoms with E-state index in [9.17, 15) is 0 Å². The van der Waals surface area contributed by atoms with Gasteiger partial charge in [-0.1, -0.05) is 36.4 Å². The molecule has 1 unspecified atom stereocenters. The van der Waals surface area contributed by atoms with Crippen LogP contribution in [0.4, 0.5) is 0 Å². The molecule has 6 heteroatoms. The lowest BCUT2D eigenvalue weighted by atomic mass is 10.1. The van der Waals surface area contributed by atoms with E-state index in [0.29, 0.717) is 26.3 Å². The van der Waals surface area contributed by atoms with E-state index in [1.807, 2.05) is 43.3 Å². The van der Waals surface area contributed by atoms with Crippen molar-refractivity contribution in [1.29, 1.82) is 0 Å². The summed E-state index contributed by atoms with van der Waals surface area (Å²) in [5.74, 6) is 2.34. The van der Waals surface area contributed by atoms with E-state index in [2.05, 4.69) is 22.8 Å². The molecule has 0 aromatic heterocycles. The Morgan fingerprint density at radius 2 is 1.81 bits per heavy atom. The van der Waals surface area contributed by atoms with Crippen molar-refractivity contribution in [2.24, 2.45) is 4.99 Å². The molecule has 0 bridgehead atoms. The van der Waals surface area contributed by atoms with E-state index in [0.717, 1.165) is 35.1 Å². The maximum atomic E-state index is 5.99. The van der Waals surface area contributed by atoms with Crippen molar-refractivity contribution in [1.82, 2.24) is 10.6 Å². The van der Waals surface area contributed by atoms with Gasteiger partial charge in [0.15, 0.2) is 17.5 Å². The maximum Gasteiger partial charge on any atom is 0.191 e. The van der Waals surface area contributed by atoms with Gasteiger partial charge in [0, 0.05) is 13.7 Å². The summed E-state index contributed by atoms with van der Waals surface area (Å²) in [5.41, 5.74) is 2.31. The number of para-hydroxylation sites is 2. The molecule has 0 fully saturated rings. The van der Waals surface area contributed by atoms with E-state index < -0.39 is 0 Å². The molecule has 0 radical (unpaired) electrons. The Labute approximate surface area is 160 Å². The molecule has 2 aromatic rings. The van der Waals surface area contributed by atoms with Crippen molar-refractivity contribution in [3.05, 3.63) is 59.7 Å². The SMILES string of the molecule is CCNC(=NCc1ccccc1COC)NCC1COc2ccccc2O1. The lowest BCUT2D eigenvalue weighted by Gasteiger charge is -2.27. The molecule has 0 aliphatic carbocycles. The second kappa shape index (κ2) is 9.83. The van der Waals surface area contributed by atoms with Crippen LogP contribution in [0.15, 0.2) is 53.5 Å². The lowest BCUT2D eigenvalue weighted by molar-refractivity contribution is 0.0936. The molecule has 144 valence electrons. The van der Waals surface area contributed by atoms with Crippen LogP contribution in [0, 0.1) is 0 Å². The largest absolute Gasteiger partial charge is 0.486 e. The van der Waals surface area contributed by atoms with Crippen LogP contribution in [0.1, 0.15) is 18.1 Å². The van der Waals surface area contributed by atoms with Gasteiger partial charge in [0.25, 0.3) is 0 Å². The summed E-state index contributed by atoms with van der Waals surface area (Å²) in [6.07, 6.45) is -0.0652. The second-order valence-electron chi connectivity index (χ2n) is 6.28. The molecule has 0 saturated heterocycles. The zero-order valence-electron chi connectivity index (χ0n) is 15.9. The summed E-state index contributed by atoms with van der Waals surface area (Å²) >= 11 is 0. The number of nitrogens with zero attached hydrogens (tertiary/aromatic N) is 1. The molecular weight excluding hydrogens is 342 g/mol. The fourth-order valence-electron chi connectivity index (χ4n) is 2.89. The molecule has 1 aliphatic rings. The fraction of sp³-hybridized carbons (Fsp3) is 0.381. The Balaban J connectivity index is 1.59. The van der Waals surface area contributed by atoms with Crippen LogP contribution in [-0.2, 0) is 17.9 Å². The van der Waals surface area contributed by atoms with Crippen molar-refractivity contribution in [3.63, 3.8) is 0 Å². The summed E-state index contributed by atoms with van der Waals surface area (Å²) in [6.45, 7) is 5.13. The molecule has 2 aromatic carbocycles. The van der Waals surface area contributed by atoms with Gasteiger partial charge in [-0.05, 0) is 30.2 Å². The number of nitrogens with one attached hydrogen (secondary N) is 2. The standard InChI is InChI=1S/C21H27N3O3/c1-3-22-21(23-12-16-8-4-5-9-17(16)14-25-2)24-13-18-15-26-19-10-6-7-11-20(19)27-18/h4-11,18H,3,12-15H2,1-2H3,(H2,22,23,24). The fourth-order valence-corrected chi connectivity index (χ4v) is 2.89. The molecule has 1 aliphatic heterocycles. The average Bonchev–Trinajstić information content (AvgIpc) is 2.71. The average molecular weight is 369 g/mol. The smallest absolute Gasteiger partial charge is 0.191 e. The Hall–Kier alpha value is -2.73. The van der Waals surface area contributed by atoms with E-state index >= 15 is 0 Å². The quantitative estimate of drug-likeness (QED) is 0.580. The number of rotatable bonds is 7. The number of methoxy groups -OCH3 is 1. The van der Waals surface area contributed by atoms with Gasteiger partial charge in [0.1, 0.15) is 12.7 Å². The van der Waals surface area contributed by atoms with Crippen LogP contribution in [0.3, 0.4) is 0 Å². The Bertz CT molecular complexity index is 764. The minimum absolute atomic E-state index is 0.0652. The van der Waals surface area contributed by atoms with E-state index in [1.165, 1.54) is 0 Å². The number of guanidine groups is 1. The molecule has 2 N–H and O–H groups in total. The van der Waals surface area contributed by atoms with Crippen LogP contribution in [0.25, 0.3) is 0 Å². The third kappa shape index (κ3) is 5.37. The van der Waals surface area contributed by atoms with Crippen molar-refractivity contribution >= 4 is 5.96 Å². The second-order valence-corrected chi connectivity index (χ2v) is 6.28. The topological polar surface area (TPSA) is 64.1 Å². The Morgan fingerprint density at radius 1 is 1.07 bits per heavy atom. The highest BCUT2D eigenvalue weighted by Crippen LogP contribution is 2.30. The minimum Gasteiger partial charge on any atom is -0.486 e. The summed E-state index contributed by atoms with van der Waals surface area (Å²) in [5, 5.41) is 6.62. The minimum atomic E-state index is -0.0652. The van der Waals surface area contributed by atoms with Gasteiger partial charge >= 0.3 is 0 Å². The third-order valence-corrected chi connectivity index (χ3v) is 4.23. The predicted molar refractivity (Wildman–Crippen MR) is 106 cm³/mol. The van der Waals surface area contributed by atoms with Gasteiger partial charge in [0.2, 0.25) is 0 Å². The summed E-state index contributed by atoms with van der Waals surface area (Å²) in [6, 6.07) is 15.9. The predicted octanol–water partition coefficient (Wildman–Crippen LogP) is 2.73. The number of ether oxygens (including phenoxy) is 3. The number of hydrogen-bond acceptors (Lipinski definition) is 4. The van der Waals surface area contributed by atoms with Gasteiger partial charge in [-0.25, -0.2) is 4.99 Å². The van der Waals surface area contributed by atoms with Crippen LogP contribution < -0.4 is 20.1 Å². The summed E-state index contributed by atoms with van der Waals surface area (Å²) < 4.78 is 17.0. The maximum absolute atomic E-state index is 5.99. The normalized spacial score (nSPS) is 16.1. The zero-order valence-corrected chi connectivity index (χ0v) is 15.9. The third-order valence-electron chi connectivity index (χ3n) is 4.23.